The molecular weight excluding hydrogens is 208 g/mol. The van der Waals surface area contributed by atoms with Crippen molar-refractivity contribution in [3.8, 4) is 0 Å². The first kappa shape index (κ1) is 13.2. The minimum atomic E-state index is -0.231. The second kappa shape index (κ2) is 7.38. The Morgan fingerprint density at radius 2 is 2.44 bits per heavy atom. The van der Waals surface area contributed by atoms with E-state index in [0.717, 1.165) is 0 Å². The van der Waals surface area contributed by atoms with Crippen LogP contribution in [0, 0.1) is 0 Å². The molecule has 1 amide bonds. The molecule has 1 saturated heterocycles. The van der Waals surface area contributed by atoms with Gasteiger partial charge in [-0.2, -0.15) is 0 Å². The molecular formula is C11H20N2O3. The number of carbonyl (C=O) groups excluding carboxylic acids is 1. The fourth-order valence-corrected chi connectivity index (χ4v) is 1.38. The van der Waals surface area contributed by atoms with E-state index in [1.54, 1.807) is 6.08 Å². The molecule has 0 aromatic rings. The van der Waals surface area contributed by atoms with E-state index in [-0.39, 0.29) is 18.1 Å². The van der Waals surface area contributed by atoms with Gasteiger partial charge < -0.3 is 20.1 Å². The molecule has 1 heterocycles. The normalized spacial score (nSPS) is 22.4. The Morgan fingerprint density at radius 1 is 1.62 bits per heavy atom. The summed E-state index contributed by atoms with van der Waals surface area (Å²) in [5.41, 5.74) is 0. The third-order valence-electron chi connectivity index (χ3n) is 2.35. The summed E-state index contributed by atoms with van der Waals surface area (Å²) in [4.78, 5) is 11.5. The molecule has 2 N–H and O–H groups in total. The van der Waals surface area contributed by atoms with Crippen molar-refractivity contribution in [3.05, 3.63) is 12.7 Å². The molecule has 0 aromatic carbocycles. The first-order chi connectivity index (χ1) is 7.74. The molecule has 1 fully saturated rings. The first-order valence-electron chi connectivity index (χ1n) is 5.55. The lowest BCUT2D eigenvalue weighted by molar-refractivity contribution is -0.123. The summed E-state index contributed by atoms with van der Waals surface area (Å²) in [6.07, 6.45) is 1.70. The van der Waals surface area contributed by atoms with Crippen molar-refractivity contribution < 1.29 is 14.3 Å². The van der Waals surface area contributed by atoms with E-state index < -0.39 is 0 Å². The van der Waals surface area contributed by atoms with Gasteiger partial charge in [0.15, 0.2) is 0 Å². The highest BCUT2D eigenvalue weighted by Gasteiger charge is 2.17. The van der Waals surface area contributed by atoms with Crippen LogP contribution in [0.25, 0.3) is 0 Å². The highest BCUT2D eigenvalue weighted by Crippen LogP contribution is 1.99. The number of carbonyl (C=O) groups is 1. The van der Waals surface area contributed by atoms with Crippen molar-refractivity contribution in [3.63, 3.8) is 0 Å². The number of hydrogen-bond donors (Lipinski definition) is 2. The number of amides is 1. The van der Waals surface area contributed by atoms with Crippen molar-refractivity contribution in [1.82, 2.24) is 10.6 Å². The molecule has 0 aromatic heterocycles. The molecule has 2 atom stereocenters. The van der Waals surface area contributed by atoms with E-state index in [4.69, 9.17) is 9.47 Å². The maximum absolute atomic E-state index is 11.5. The third-order valence-corrected chi connectivity index (χ3v) is 2.35. The van der Waals surface area contributed by atoms with Crippen LogP contribution in [0.1, 0.15) is 6.92 Å². The summed E-state index contributed by atoms with van der Waals surface area (Å²) in [7, 11) is 0. The molecule has 0 spiro atoms. The summed E-state index contributed by atoms with van der Waals surface area (Å²) in [6.45, 7) is 8.36. The highest BCUT2D eigenvalue weighted by molar-refractivity contribution is 5.81. The van der Waals surface area contributed by atoms with E-state index in [1.165, 1.54) is 0 Å². The van der Waals surface area contributed by atoms with Gasteiger partial charge in [0.2, 0.25) is 5.91 Å². The van der Waals surface area contributed by atoms with Gasteiger partial charge in [0, 0.05) is 13.1 Å². The molecule has 0 aliphatic carbocycles. The van der Waals surface area contributed by atoms with Gasteiger partial charge in [-0.1, -0.05) is 6.08 Å². The Bertz CT molecular complexity index is 227. The Labute approximate surface area is 96.2 Å². The van der Waals surface area contributed by atoms with Crippen LogP contribution < -0.4 is 10.6 Å². The number of ether oxygens (including phenoxy) is 2. The second-order valence-corrected chi connectivity index (χ2v) is 3.73. The SMILES string of the molecule is C=CCNC(=O)C(C)NCC1COCCO1. The molecule has 2 unspecified atom stereocenters. The van der Waals surface area contributed by atoms with Crippen LogP contribution in [0.3, 0.4) is 0 Å². The monoisotopic (exact) mass is 228 g/mol. The van der Waals surface area contributed by atoms with Gasteiger partial charge in [-0.25, -0.2) is 0 Å². The summed E-state index contributed by atoms with van der Waals surface area (Å²) in [5.74, 6) is -0.0309. The first-order valence-corrected chi connectivity index (χ1v) is 5.55. The lowest BCUT2D eigenvalue weighted by Crippen LogP contribution is -2.47. The van der Waals surface area contributed by atoms with Crippen LogP contribution in [-0.4, -0.2) is 51.0 Å². The summed E-state index contributed by atoms with van der Waals surface area (Å²) in [5, 5.41) is 5.84. The summed E-state index contributed by atoms with van der Waals surface area (Å²) >= 11 is 0. The predicted molar refractivity (Wildman–Crippen MR) is 61.2 cm³/mol. The van der Waals surface area contributed by atoms with Crippen LogP contribution in [0.4, 0.5) is 0 Å². The Kier molecular flexibility index (Phi) is 6.07. The van der Waals surface area contributed by atoms with Crippen LogP contribution in [-0.2, 0) is 14.3 Å². The smallest absolute Gasteiger partial charge is 0.237 e. The predicted octanol–water partition coefficient (Wildman–Crippen LogP) is -0.318. The van der Waals surface area contributed by atoms with Gasteiger partial charge in [0.05, 0.1) is 32.0 Å². The number of nitrogens with one attached hydrogen (secondary N) is 2. The summed E-state index contributed by atoms with van der Waals surface area (Å²) in [6, 6.07) is -0.231. The van der Waals surface area contributed by atoms with Crippen molar-refractivity contribution >= 4 is 5.91 Å². The van der Waals surface area contributed by atoms with Crippen molar-refractivity contribution in [2.45, 2.75) is 19.1 Å². The molecule has 5 nitrogen and oxygen atoms in total. The Morgan fingerprint density at radius 3 is 3.06 bits per heavy atom. The highest BCUT2D eigenvalue weighted by atomic mass is 16.6. The number of hydrogen-bond acceptors (Lipinski definition) is 4. The Balaban J connectivity index is 2.15. The maximum Gasteiger partial charge on any atom is 0.237 e. The van der Waals surface area contributed by atoms with E-state index >= 15 is 0 Å². The topological polar surface area (TPSA) is 59.6 Å². The van der Waals surface area contributed by atoms with Crippen LogP contribution >= 0.6 is 0 Å². The average molecular weight is 228 g/mol. The van der Waals surface area contributed by atoms with Gasteiger partial charge >= 0.3 is 0 Å². The van der Waals surface area contributed by atoms with E-state index in [9.17, 15) is 4.79 Å². The third kappa shape index (κ3) is 4.74. The van der Waals surface area contributed by atoms with Gasteiger partial charge in [0.25, 0.3) is 0 Å². The molecule has 0 bridgehead atoms. The van der Waals surface area contributed by atoms with Crippen LogP contribution in [0.2, 0.25) is 0 Å². The lowest BCUT2D eigenvalue weighted by Gasteiger charge is -2.24. The minimum absolute atomic E-state index is 0.0309. The standard InChI is InChI=1S/C11H20N2O3/c1-3-4-12-11(14)9(2)13-7-10-8-15-5-6-16-10/h3,9-10,13H,1,4-8H2,2H3,(H,12,14). The van der Waals surface area contributed by atoms with Gasteiger partial charge in [-0.15, -0.1) is 6.58 Å². The molecule has 0 radical (unpaired) electrons. The van der Waals surface area contributed by atoms with Crippen LogP contribution in [0.15, 0.2) is 12.7 Å². The Hall–Kier alpha value is -0.910. The summed E-state index contributed by atoms with van der Waals surface area (Å²) < 4.78 is 10.7. The molecule has 0 saturated carbocycles. The molecule has 5 heteroatoms. The zero-order chi connectivity index (χ0) is 11.8. The molecule has 1 rings (SSSR count). The van der Waals surface area contributed by atoms with E-state index in [1.807, 2.05) is 6.92 Å². The molecule has 1 aliphatic rings. The minimum Gasteiger partial charge on any atom is -0.376 e. The van der Waals surface area contributed by atoms with Crippen molar-refractivity contribution in [1.29, 1.82) is 0 Å². The molecule has 92 valence electrons. The average Bonchev–Trinajstić information content (AvgIpc) is 2.34. The zero-order valence-electron chi connectivity index (χ0n) is 9.70. The van der Waals surface area contributed by atoms with Gasteiger partial charge in [-0.05, 0) is 6.92 Å². The quantitative estimate of drug-likeness (QED) is 0.612. The maximum atomic E-state index is 11.5. The second-order valence-electron chi connectivity index (χ2n) is 3.73. The molecule has 16 heavy (non-hydrogen) atoms. The largest absolute Gasteiger partial charge is 0.376 e. The fourth-order valence-electron chi connectivity index (χ4n) is 1.38. The van der Waals surface area contributed by atoms with E-state index in [0.29, 0.717) is 32.9 Å². The van der Waals surface area contributed by atoms with Gasteiger partial charge in [-0.3, -0.25) is 4.79 Å². The van der Waals surface area contributed by atoms with Crippen molar-refractivity contribution in [2.75, 3.05) is 32.9 Å². The van der Waals surface area contributed by atoms with Crippen molar-refractivity contribution in [2.24, 2.45) is 0 Å². The van der Waals surface area contributed by atoms with E-state index in [2.05, 4.69) is 17.2 Å². The van der Waals surface area contributed by atoms with Gasteiger partial charge in [0.1, 0.15) is 0 Å². The molecule has 1 aliphatic heterocycles. The lowest BCUT2D eigenvalue weighted by atomic mass is 10.2. The fraction of sp³-hybridized carbons (Fsp3) is 0.727. The zero-order valence-corrected chi connectivity index (χ0v) is 9.70. The number of rotatable bonds is 6. The van der Waals surface area contributed by atoms with Crippen LogP contribution in [0.5, 0.6) is 0 Å².